The van der Waals surface area contributed by atoms with Gasteiger partial charge in [0.25, 0.3) is 0 Å². The van der Waals surface area contributed by atoms with Gasteiger partial charge in [-0.05, 0) is 24.1 Å². The number of rotatable bonds is 8. The third-order valence-corrected chi connectivity index (χ3v) is 3.05. The predicted octanol–water partition coefficient (Wildman–Crippen LogP) is 0.800. The van der Waals surface area contributed by atoms with E-state index in [4.69, 9.17) is 0 Å². The van der Waals surface area contributed by atoms with Crippen LogP contribution in [0.3, 0.4) is 0 Å². The highest BCUT2D eigenvalue weighted by molar-refractivity contribution is 5.92. The molecule has 0 spiro atoms. The van der Waals surface area contributed by atoms with E-state index >= 15 is 0 Å². The van der Waals surface area contributed by atoms with Gasteiger partial charge < -0.3 is 20.3 Å². The molecule has 1 heterocycles. The number of amides is 1. The minimum absolute atomic E-state index is 0.260. The van der Waals surface area contributed by atoms with Crippen LogP contribution >= 0.6 is 0 Å². The van der Waals surface area contributed by atoms with Crippen LogP contribution in [0.2, 0.25) is 0 Å². The van der Waals surface area contributed by atoms with Gasteiger partial charge in [-0.3, -0.25) is 4.79 Å². The molecule has 1 rings (SSSR count). The Balaban J connectivity index is 2.53. The van der Waals surface area contributed by atoms with E-state index in [-0.39, 0.29) is 11.7 Å². The summed E-state index contributed by atoms with van der Waals surface area (Å²) < 4.78 is 1.34. The fourth-order valence-electron chi connectivity index (χ4n) is 1.86. The molecule has 1 aromatic heterocycles. The third kappa shape index (κ3) is 5.35. The van der Waals surface area contributed by atoms with E-state index < -0.39 is 4.92 Å². The number of carbonyl (C=O) groups excluding carboxylic acids is 1. The maximum atomic E-state index is 11.6. The predicted molar refractivity (Wildman–Crippen MR) is 79.7 cm³/mol. The number of hydrogen-bond acceptors (Lipinski definition) is 5. The number of hydrogen-bond donors (Lipinski definition) is 1. The Kier molecular flexibility index (Phi) is 6.54. The number of nitro groups is 1. The molecule has 0 radical (unpaired) electrons. The van der Waals surface area contributed by atoms with Gasteiger partial charge in [0.15, 0.2) is 0 Å². The van der Waals surface area contributed by atoms with E-state index in [9.17, 15) is 14.9 Å². The first-order valence-electron chi connectivity index (χ1n) is 6.84. The fourth-order valence-corrected chi connectivity index (χ4v) is 1.86. The molecule has 0 saturated heterocycles. The van der Waals surface area contributed by atoms with Crippen molar-refractivity contribution in [2.75, 3.05) is 26.2 Å². The van der Waals surface area contributed by atoms with E-state index in [1.165, 1.54) is 23.0 Å². The molecule has 0 bridgehead atoms. The van der Waals surface area contributed by atoms with E-state index in [0.717, 1.165) is 19.6 Å². The maximum Gasteiger partial charge on any atom is 0.397 e. The van der Waals surface area contributed by atoms with Crippen molar-refractivity contribution in [2.24, 2.45) is 7.05 Å². The standard InChI is InChI=1S/C13H21N5O3/c1-4-17(5-2)9-8-14-12(19)7-6-11-10-16(3)15-13(11)18(20)21/h6-7,10H,4-5,8-9H2,1-3H3,(H,14,19). The summed E-state index contributed by atoms with van der Waals surface area (Å²) in [6.45, 7) is 7.31. The van der Waals surface area contributed by atoms with Crippen molar-refractivity contribution in [1.29, 1.82) is 0 Å². The van der Waals surface area contributed by atoms with E-state index in [0.29, 0.717) is 12.1 Å². The molecule has 8 heteroatoms. The van der Waals surface area contributed by atoms with E-state index in [1.807, 2.05) is 0 Å². The normalized spacial score (nSPS) is 11.2. The van der Waals surface area contributed by atoms with Gasteiger partial charge in [0.05, 0.1) is 23.9 Å². The Hall–Kier alpha value is -2.22. The van der Waals surface area contributed by atoms with Crippen molar-refractivity contribution in [3.05, 3.63) is 28.0 Å². The highest BCUT2D eigenvalue weighted by Crippen LogP contribution is 2.16. The Morgan fingerprint density at radius 3 is 2.76 bits per heavy atom. The van der Waals surface area contributed by atoms with Crippen molar-refractivity contribution in [3.8, 4) is 0 Å². The number of aryl methyl sites for hydroxylation is 1. The molecule has 8 nitrogen and oxygen atoms in total. The molecule has 0 aliphatic rings. The van der Waals surface area contributed by atoms with Gasteiger partial charge in [-0.2, -0.15) is 4.68 Å². The molecule has 1 amide bonds. The van der Waals surface area contributed by atoms with Crippen LogP contribution < -0.4 is 5.32 Å². The van der Waals surface area contributed by atoms with Crippen LogP contribution in [0.1, 0.15) is 19.4 Å². The van der Waals surface area contributed by atoms with Gasteiger partial charge >= 0.3 is 5.82 Å². The van der Waals surface area contributed by atoms with Crippen LogP contribution in [0.25, 0.3) is 6.08 Å². The Morgan fingerprint density at radius 1 is 1.52 bits per heavy atom. The molecule has 21 heavy (non-hydrogen) atoms. The van der Waals surface area contributed by atoms with Crippen LogP contribution in [0.4, 0.5) is 5.82 Å². The van der Waals surface area contributed by atoms with Gasteiger partial charge in [-0.1, -0.05) is 13.8 Å². The summed E-state index contributed by atoms with van der Waals surface area (Å²) in [4.78, 5) is 24.1. The molecule has 0 fully saturated rings. The first-order chi connectivity index (χ1) is 9.97. The molecule has 1 N–H and O–H groups in total. The fraction of sp³-hybridized carbons (Fsp3) is 0.538. The number of nitrogens with zero attached hydrogens (tertiary/aromatic N) is 4. The molecule has 0 aliphatic heterocycles. The smallest absolute Gasteiger partial charge is 0.358 e. The third-order valence-electron chi connectivity index (χ3n) is 3.05. The number of nitrogens with one attached hydrogen (secondary N) is 1. The molecule has 0 aliphatic carbocycles. The summed E-state index contributed by atoms with van der Waals surface area (Å²) in [6.07, 6.45) is 4.18. The SMILES string of the molecule is CCN(CC)CCNC(=O)C=Cc1cn(C)nc1[N+](=O)[O-]. The average molecular weight is 295 g/mol. The Morgan fingerprint density at radius 2 is 2.19 bits per heavy atom. The second-order valence-corrected chi connectivity index (χ2v) is 4.49. The Labute approximate surface area is 123 Å². The maximum absolute atomic E-state index is 11.6. The summed E-state index contributed by atoms with van der Waals surface area (Å²) in [6, 6.07) is 0. The van der Waals surface area contributed by atoms with Crippen molar-refractivity contribution >= 4 is 17.8 Å². The van der Waals surface area contributed by atoms with Crippen LogP contribution in [0.15, 0.2) is 12.3 Å². The van der Waals surface area contributed by atoms with Crippen molar-refractivity contribution in [3.63, 3.8) is 0 Å². The zero-order chi connectivity index (χ0) is 15.8. The summed E-state index contributed by atoms with van der Waals surface area (Å²) in [7, 11) is 1.59. The zero-order valence-corrected chi connectivity index (χ0v) is 12.6. The van der Waals surface area contributed by atoms with Crippen molar-refractivity contribution in [1.82, 2.24) is 20.0 Å². The first kappa shape index (κ1) is 16.8. The Bertz CT molecular complexity index is 520. The lowest BCUT2D eigenvalue weighted by Crippen LogP contribution is -2.34. The van der Waals surface area contributed by atoms with E-state index in [2.05, 4.69) is 29.2 Å². The van der Waals surface area contributed by atoms with Gasteiger partial charge in [-0.25, -0.2) is 0 Å². The highest BCUT2D eigenvalue weighted by atomic mass is 16.6. The van der Waals surface area contributed by atoms with Gasteiger partial charge in [0.1, 0.15) is 0 Å². The van der Waals surface area contributed by atoms with E-state index in [1.54, 1.807) is 7.05 Å². The van der Waals surface area contributed by atoms with Crippen molar-refractivity contribution in [2.45, 2.75) is 13.8 Å². The van der Waals surface area contributed by atoms with Crippen LogP contribution in [0.5, 0.6) is 0 Å². The van der Waals surface area contributed by atoms with Crippen LogP contribution in [-0.4, -0.2) is 51.7 Å². The summed E-state index contributed by atoms with van der Waals surface area (Å²) in [5.41, 5.74) is 0.307. The minimum Gasteiger partial charge on any atom is -0.358 e. The van der Waals surface area contributed by atoms with Gasteiger partial charge in [-0.15, -0.1) is 0 Å². The van der Waals surface area contributed by atoms with Crippen LogP contribution in [-0.2, 0) is 11.8 Å². The van der Waals surface area contributed by atoms with Crippen LogP contribution in [0, 0.1) is 10.1 Å². The molecule has 0 unspecified atom stereocenters. The lowest BCUT2D eigenvalue weighted by Gasteiger charge is -2.17. The van der Waals surface area contributed by atoms with Crippen molar-refractivity contribution < 1.29 is 9.72 Å². The van der Waals surface area contributed by atoms with Gasteiger partial charge in [0.2, 0.25) is 5.91 Å². The molecule has 0 aromatic carbocycles. The molecule has 1 aromatic rings. The summed E-state index contributed by atoms with van der Waals surface area (Å²) in [5.74, 6) is -0.537. The highest BCUT2D eigenvalue weighted by Gasteiger charge is 2.17. The zero-order valence-electron chi connectivity index (χ0n) is 12.6. The molecule has 116 valence electrons. The largest absolute Gasteiger partial charge is 0.397 e. The second-order valence-electron chi connectivity index (χ2n) is 4.49. The first-order valence-corrected chi connectivity index (χ1v) is 6.84. The summed E-state index contributed by atoms with van der Waals surface area (Å²) >= 11 is 0. The quantitative estimate of drug-likeness (QED) is 0.435. The second kappa shape index (κ2) is 8.15. The molecule has 0 atom stereocenters. The lowest BCUT2D eigenvalue weighted by molar-refractivity contribution is -0.390. The average Bonchev–Trinajstić information content (AvgIpc) is 2.83. The lowest BCUT2D eigenvalue weighted by atomic mass is 10.3. The monoisotopic (exact) mass is 295 g/mol. The molecular formula is C13H21N5O3. The number of carbonyl (C=O) groups is 1. The minimum atomic E-state index is -0.571. The topological polar surface area (TPSA) is 93.3 Å². The summed E-state index contributed by atoms with van der Waals surface area (Å²) in [5, 5.41) is 17.2. The number of likely N-dealkylation sites (N-methyl/N-ethyl adjacent to an activating group) is 1. The van der Waals surface area contributed by atoms with Gasteiger partial charge in [0, 0.05) is 19.2 Å². The molecule has 0 saturated carbocycles. The molecular weight excluding hydrogens is 274 g/mol. The number of aromatic nitrogens is 2.